The summed E-state index contributed by atoms with van der Waals surface area (Å²) in [7, 11) is 0. The minimum Gasteiger partial charge on any atom is -0.457 e. The van der Waals surface area contributed by atoms with Crippen molar-refractivity contribution in [3.63, 3.8) is 0 Å². The van der Waals surface area contributed by atoms with Crippen molar-refractivity contribution in [1.29, 1.82) is 0 Å². The monoisotopic (exact) mass is 509 g/mol. The zero-order valence-electron chi connectivity index (χ0n) is 17.9. The van der Waals surface area contributed by atoms with Crippen LogP contribution < -0.4 is 16.2 Å². The van der Waals surface area contributed by atoms with Crippen molar-refractivity contribution in [2.75, 3.05) is 24.2 Å². The summed E-state index contributed by atoms with van der Waals surface area (Å²) >= 11 is 3.27. The lowest BCUT2D eigenvalue weighted by Gasteiger charge is -2.15. The number of nitrogens with zero attached hydrogens (tertiary/aromatic N) is 3. The third kappa shape index (κ3) is 4.93. The molecule has 3 aromatic rings. The molecule has 0 saturated carbocycles. The average Bonchev–Trinajstić information content (AvgIpc) is 3.43. The normalized spacial score (nSPS) is 15.8. The van der Waals surface area contributed by atoms with Crippen molar-refractivity contribution in [2.45, 2.75) is 12.5 Å². The third-order valence-corrected chi connectivity index (χ3v) is 5.84. The quantitative estimate of drug-likeness (QED) is 0.371. The van der Waals surface area contributed by atoms with E-state index >= 15 is 0 Å². The fourth-order valence-corrected chi connectivity index (χ4v) is 4.06. The molecule has 170 valence electrons. The molecule has 1 fully saturated rings. The first-order valence-electron chi connectivity index (χ1n) is 10.5. The van der Waals surface area contributed by atoms with Crippen LogP contribution in [0.2, 0.25) is 0 Å². The zero-order chi connectivity index (χ0) is 23.4. The molecular formula is C24H24BrN5O3. The number of anilines is 1. The summed E-state index contributed by atoms with van der Waals surface area (Å²) < 4.78 is 7.45. The maximum absolute atomic E-state index is 12.3. The van der Waals surface area contributed by atoms with Gasteiger partial charge in [0.1, 0.15) is 28.6 Å². The van der Waals surface area contributed by atoms with Crippen LogP contribution >= 0.6 is 15.9 Å². The van der Waals surface area contributed by atoms with Gasteiger partial charge in [-0.15, -0.1) is 0 Å². The van der Waals surface area contributed by atoms with Gasteiger partial charge in [-0.25, -0.2) is 4.68 Å². The Bertz CT molecular complexity index is 1170. The van der Waals surface area contributed by atoms with Gasteiger partial charge in [0.05, 0.1) is 6.04 Å². The number of para-hydroxylation sites is 1. The molecule has 1 unspecified atom stereocenters. The van der Waals surface area contributed by atoms with E-state index in [0.717, 1.165) is 5.75 Å². The number of hydrogen-bond donors (Lipinski definition) is 2. The Hall–Kier alpha value is -3.59. The van der Waals surface area contributed by atoms with E-state index in [1.54, 1.807) is 33.9 Å². The Balaban J connectivity index is 1.58. The SMILES string of the molecule is NC(=O)c1c(-c2ccc(Oc3ccccc3)cc2)nn(C2CCN(C(=O)C=CCBr)C2)c1N. The first kappa shape index (κ1) is 22.6. The van der Waals surface area contributed by atoms with Crippen molar-refractivity contribution in [3.05, 3.63) is 72.3 Å². The summed E-state index contributed by atoms with van der Waals surface area (Å²) in [5, 5.41) is 5.25. The van der Waals surface area contributed by atoms with Gasteiger partial charge in [0.15, 0.2) is 0 Å². The maximum Gasteiger partial charge on any atom is 0.254 e. The minimum absolute atomic E-state index is 0.0629. The third-order valence-electron chi connectivity index (χ3n) is 5.47. The predicted octanol–water partition coefficient (Wildman–Crippen LogP) is 3.75. The van der Waals surface area contributed by atoms with Gasteiger partial charge >= 0.3 is 0 Å². The van der Waals surface area contributed by atoms with E-state index in [2.05, 4.69) is 21.0 Å². The van der Waals surface area contributed by atoms with Gasteiger partial charge in [0.25, 0.3) is 5.91 Å². The number of aromatic nitrogens is 2. The summed E-state index contributed by atoms with van der Waals surface area (Å²) in [5.74, 6) is 0.872. The van der Waals surface area contributed by atoms with Crippen LogP contribution in [-0.4, -0.2) is 44.9 Å². The number of primary amides is 1. The van der Waals surface area contributed by atoms with Gasteiger partial charge in [-0.1, -0.05) is 40.2 Å². The standard InChI is InChI=1S/C24H24BrN5O3/c25-13-4-7-20(31)29-14-12-17(15-29)30-23(26)21(24(27)32)22(28-30)16-8-10-19(11-9-16)33-18-5-2-1-3-6-18/h1-11,17H,12-15,26H2,(H2,27,32). The number of halogens is 1. The van der Waals surface area contributed by atoms with Gasteiger partial charge in [-0.2, -0.15) is 5.10 Å². The Morgan fingerprint density at radius 1 is 1.12 bits per heavy atom. The topological polar surface area (TPSA) is 116 Å². The van der Waals surface area contributed by atoms with Crippen LogP contribution in [0.4, 0.5) is 5.82 Å². The van der Waals surface area contributed by atoms with E-state index in [9.17, 15) is 9.59 Å². The molecule has 0 aliphatic carbocycles. The highest BCUT2D eigenvalue weighted by atomic mass is 79.9. The smallest absolute Gasteiger partial charge is 0.254 e. The van der Waals surface area contributed by atoms with Crippen molar-refractivity contribution in [3.8, 4) is 22.8 Å². The largest absolute Gasteiger partial charge is 0.457 e. The lowest BCUT2D eigenvalue weighted by molar-refractivity contribution is -0.125. The molecule has 4 N–H and O–H groups in total. The van der Waals surface area contributed by atoms with Gasteiger partial charge < -0.3 is 21.1 Å². The van der Waals surface area contributed by atoms with Gasteiger partial charge in [0.2, 0.25) is 5.91 Å². The summed E-state index contributed by atoms with van der Waals surface area (Å²) in [4.78, 5) is 26.3. The molecule has 2 amide bonds. The number of amides is 2. The molecule has 1 aliphatic rings. The van der Waals surface area contributed by atoms with Gasteiger partial charge in [0, 0.05) is 24.0 Å². The van der Waals surface area contributed by atoms with Crippen molar-refractivity contribution < 1.29 is 14.3 Å². The number of carbonyl (C=O) groups is 2. The van der Waals surface area contributed by atoms with Crippen LogP contribution in [0, 0.1) is 0 Å². The van der Waals surface area contributed by atoms with Crippen LogP contribution in [-0.2, 0) is 4.79 Å². The second kappa shape index (κ2) is 9.91. The second-order valence-corrected chi connectivity index (χ2v) is 8.29. The Morgan fingerprint density at radius 2 is 1.82 bits per heavy atom. The van der Waals surface area contributed by atoms with Crippen molar-refractivity contribution >= 4 is 33.6 Å². The fraction of sp³-hybridized carbons (Fsp3) is 0.208. The molecule has 1 atom stereocenters. The summed E-state index contributed by atoms with van der Waals surface area (Å²) in [5.41, 5.74) is 13.2. The molecular weight excluding hydrogens is 486 g/mol. The van der Waals surface area contributed by atoms with Crippen molar-refractivity contribution in [2.24, 2.45) is 5.73 Å². The Labute approximate surface area is 199 Å². The second-order valence-electron chi connectivity index (χ2n) is 7.64. The minimum atomic E-state index is -0.649. The highest BCUT2D eigenvalue weighted by Crippen LogP contribution is 2.33. The molecule has 9 heteroatoms. The summed E-state index contributed by atoms with van der Waals surface area (Å²) in [6, 6.07) is 16.5. The number of nitrogen functional groups attached to an aromatic ring is 1. The Morgan fingerprint density at radius 3 is 2.48 bits per heavy atom. The number of nitrogens with two attached hydrogens (primary N) is 2. The highest BCUT2D eigenvalue weighted by Gasteiger charge is 2.31. The number of alkyl halides is 1. The lowest BCUT2D eigenvalue weighted by atomic mass is 10.1. The molecule has 0 radical (unpaired) electrons. The molecule has 2 heterocycles. The summed E-state index contributed by atoms with van der Waals surface area (Å²) in [6.45, 7) is 1.04. The number of rotatable bonds is 7. The van der Waals surface area contributed by atoms with Crippen LogP contribution in [0.5, 0.6) is 11.5 Å². The lowest BCUT2D eigenvalue weighted by Crippen LogP contribution is -2.28. The van der Waals surface area contributed by atoms with E-state index in [1.165, 1.54) is 0 Å². The number of ether oxygens (including phenoxy) is 1. The van der Waals surface area contributed by atoms with Gasteiger partial charge in [-0.3, -0.25) is 9.59 Å². The molecule has 2 aromatic carbocycles. The first-order chi connectivity index (χ1) is 16.0. The van der Waals surface area contributed by atoms with Crippen LogP contribution in [0.1, 0.15) is 22.8 Å². The van der Waals surface area contributed by atoms with E-state index in [4.69, 9.17) is 16.2 Å². The van der Waals surface area contributed by atoms with Crippen LogP contribution in [0.25, 0.3) is 11.3 Å². The van der Waals surface area contributed by atoms with E-state index in [-0.39, 0.29) is 23.3 Å². The zero-order valence-corrected chi connectivity index (χ0v) is 19.4. The molecule has 1 saturated heterocycles. The number of likely N-dealkylation sites (tertiary alicyclic amines) is 1. The molecule has 0 bridgehead atoms. The molecule has 1 aromatic heterocycles. The van der Waals surface area contributed by atoms with Crippen LogP contribution in [0.3, 0.4) is 0 Å². The molecule has 0 spiro atoms. The predicted molar refractivity (Wildman–Crippen MR) is 130 cm³/mol. The van der Waals surface area contributed by atoms with E-state index < -0.39 is 5.91 Å². The van der Waals surface area contributed by atoms with E-state index in [1.807, 2.05) is 42.5 Å². The van der Waals surface area contributed by atoms with Crippen molar-refractivity contribution in [1.82, 2.24) is 14.7 Å². The first-order valence-corrected chi connectivity index (χ1v) is 11.6. The van der Waals surface area contributed by atoms with Gasteiger partial charge in [-0.05, 0) is 48.9 Å². The molecule has 8 nitrogen and oxygen atoms in total. The van der Waals surface area contributed by atoms with Crippen LogP contribution in [0.15, 0.2) is 66.7 Å². The number of benzene rings is 2. The fourth-order valence-electron chi connectivity index (χ4n) is 3.87. The molecule has 33 heavy (non-hydrogen) atoms. The number of allylic oxidation sites excluding steroid dienone is 1. The highest BCUT2D eigenvalue weighted by molar-refractivity contribution is 9.09. The summed E-state index contributed by atoms with van der Waals surface area (Å²) in [6.07, 6.45) is 3.98. The number of hydrogen-bond acceptors (Lipinski definition) is 5. The Kier molecular flexibility index (Phi) is 6.79. The maximum atomic E-state index is 12.3. The van der Waals surface area contributed by atoms with E-state index in [0.29, 0.717) is 41.8 Å². The molecule has 1 aliphatic heterocycles. The average molecular weight is 510 g/mol. The number of carbonyl (C=O) groups excluding carboxylic acids is 2. The molecule has 4 rings (SSSR count).